The molecule has 54 heavy (non-hydrogen) atoms. The van der Waals surface area contributed by atoms with Crippen LogP contribution in [0, 0.1) is 11.8 Å². The summed E-state index contributed by atoms with van der Waals surface area (Å²) in [4.78, 5) is 10.6. The van der Waals surface area contributed by atoms with Gasteiger partial charge in [0, 0.05) is 54.1 Å². The highest BCUT2D eigenvalue weighted by Crippen LogP contribution is 2.57. The molecule has 0 N–H and O–H groups in total. The van der Waals surface area contributed by atoms with Crippen molar-refractivity contribution in [3.05, 3.63) is 187 Å². The second-order valence-electron chi connectivity index (χ2n) is 15.2. The van der Waals surface area contributed by atoms with Crippen LogP contribution in [0.3, 0.4) is 0 Å². The Kier molecular flexibility index (Phi) is 6.93. The molecule has 0 radical (unpaired) electrons. The summed E-state index contributed by atoms with van der Waals surface area (Å²) in [5, 5.41) is 4.92. The van der Waals surface area contributed by atoms with E-state index in [-0.39, 0.29) is 5.41 Å². The first kappa shape index (κ1) is 31.4. The molecule has 3 aliphatic carbocycles. The maximum Gasteiger partial charge on any atom is 0.160 e. The van der Waals surface area contributed by atoms with Gasteiger partial charge in [-0.2, -0.15) is 0 Å². The molecular weight excluding hydrogens is 673 g/mol. The standard InChI is InChI=1S/C51H36N2S/c1-51(2)41-23-12-21-38(49(41)48-33-17-7-6-14-31(33)26-29-42(48)51)36-27-28-37(35-19-9-8-18-34(35)36)43-30-44(53-50(52-43)32-15-4-3-5-16-32)39-22-13-25-46-47(39)40-20-10-11-24-45(40)54-46/h3-31,33H,1-2H3. The van der Waals surface area contributed by atoms with E-state index >= 15 is 0 Å². The van der Waals surface area contributed by atoms with E-state index in [2.05, 4.69) is 178 Å². The van der Waals surface area contributed by atoms with Crippen LogP contribution in [0.4, 0.5) is 0 Å². The van der Waals surface area contributed by atoms with Crippen LogP contribution >= 0.6 is 11.3 Å². The Morgan fingerprint density at radius 3 is 2.07 bits per heavy atom. The van der Waals surface area contributed by atoms with Gasteiger partial charge in [-0.05, 0) is 62.4 Å². The number of thiophene rings is 1. The van der Waals surface area contributed by atoms with E-state index < -0.39 is 0 Å². The number of nitrogens with zero attached hydrogens (tertiary/aromatic N) is 2. The summed E-state index contributed by atoms with van der Waals surface area (Å²) in [6.07, 6.45) is 14.0. The number of fused-ring (bicyclic) bond motifs is 8. The molecule has 11 rings (SSSR count). The van der Waals surface area contributed by atoms with E-state index in [0.717, 1.165) is 33.9 Å². The molecule has 2 nitrogen and oxygen atoms in total. The van der Waals surface area contributed by atoms with Gasteiger partial charge in [0.1, 0.15) is 0 Å². The second kappa shape index (κ2) is 11.9. The van der Waals surface area contributed by atoms with Crippen molar-refractivity contribution >= 4 is 47.9 Å². The summed E-state index contributed by atoms with van der Waals surface area (Å²) < 4.78 is 2.55. The Hall–Kier alpha value is -6.16. The van der Waals surface area contributed by atoms with E-state index in [4.69, 9.17) is 9.97 Å². The third-order valence-corrected chi connectivity index (χ3v) is 13.0. The van der Waals surface area contributed by atoms with E-state index in [0.29, 0.717) is 11.8 Å². The maximum absolute atomic E-state index is 5.32. The minimum Gasteiger partial charge on any atom is -0.228 e. The summed E-state index contributed by atoms with van der Waals surface area (Å²) >= 11 is 1.84. The third-order valence-electron chi connectivity index (χ3n) is 11.9. The fourth-order valence-electron chi connectivity index (χ4n) is 9.34. The molecule has 2 atom stereocenters. The van der Waals surface area contributed by atoms with Crippen molar-refractivity contribution in [2.24, 2.45) is 11.8 Å². The lowest BCUT2D eigenvalue weighted by Gasteiger charge is -2.30. The van der Waals surface area contributed by atoms with Gasteiger partial charge in [0.15, 0.2) is 5.82 Å². The van der Waals surface area contributed by atoms with Gasteiger partial charge in [-0.3, -0.25) is 0 Å². The van der Waals surface area contributed by atoms with Crippen LogP contribution in [0.15, 0.2) is 175 Å². The molecule has 0 spiro atoms. The van der Waals surface area contributed by atoms with E-state index in [1.807, 2.05) is 17.4 Å². The number of allylic oxidation sites excluding steroid dienone is 8. The molecule has 3 aliphatic rings. The highest BCUT2D eigenvalue weighted by molar-refractivity contribution is 7.25. The van der Waals surface area contributed by atoms with E-state index in [1.54, 1.807) is 0 Å². The molecule has 3 heteroatoms. The van der Waals surface area contributed by atoms with Crippen LogP contribution in [-0.2, 0) is 5.41 Å². The quantitative estimate of drug-likeness (QED) is 0.182. The van der Waals surface area contributed by atoms with Gasteiger partial charge in [-0.25, -0.2) is 9.97 Å². The summed E-state index contributed by atoms with van der Waals surface area (Å²) in [5.41, 5.74) is 13.3. The molecule has 8 aromatic rings. The number of aromatic nitrogens is 2. The van der Waals surface area contributed by atoms with Gasteiger partial charge in [0.25, 0.3) is 0 Å². The molecule has 6 aromatic carbocycles. The van der Waals surface area contributed by atoms with Gasteiger partial charge in [0.2, 0.25) is 0 Å². The smallest absolute Gasteiger partial charge is 0.160 e. The van der Waals surface area contributed by atoms with Gasteiger partial charge >= 0.3 is 0 Å². The van der Waals surface area contributed by atoms with Crippen molar-refractivity contribution < 1.29 is 0 Å². The molecule has 0 bridgehead atoms. The predicted molar refractivity (Wildman–Crippen MR) is 229 cm³/mol. The van der Waals surface area contributed by atoms with Crippen LogP contribution in [0.2, 0.25) is 0 Å². The SMILES string of the molecule is CC1(C)C2=C(c3c(-c4ccc(-c5cc(-c6cccc7sc8ccccc8c67)nc(-c6ccccc6)n5)c5ccccc45)cccc31)C1C=CC=CC1C=C2. The van der Waals surface area contributed by atoms with E-state index in [1.165, 1.54) is 64.3 Å². The molecule has 256 valence electrons. The Bertz CT molecular complexity index is 2970. The summed E-state index contributed by atoms with van der Waals surface area (Å²) in [7, 11) is 0. The van der Waals surface area contributed by atoms with Crippen LogP contribution in [0.5, 0.6) is 0 Å². The van der Waals surface area contributed by atoms with Crippen LogP contribution in [0.1, 0.15) is 25.0 Å². The summed E-state index contributed by atoms with van der Waals surface area (Å²) in [5.74, 6) is 1.44. The topological polar surface area (TPSA) is 25.8 Å². The van der Waals surface area contributed by atoms with Crippen molar-refractivity contribution in [3.63, 3.8) is 0 Å². The number of benzene rings is 6. The Labute approximate surface area is 319 Å². The molecular formula is C51H36N2S. The lowest BCUT2D eigenvalue weighted by molar-refractivity contribution is 0.628. The molecule has 2 aromatic heterocycles. The van der Waals surface area contributed by atoms with Crippen molar-refractivity contribution in [1.29, 1.82) is 0 Å². The zero-order valence-corrected chi connectivity index (χ0v) is 30.9. The fraction of sp³-hybridized carbons (Fsp3) is 0.0980. The molecule has 0 amide bonds. The minimum atomic E-state index is -0.0747. The van der Waals surface area contributed by atoms with Crippen LogP contribution in [0.25, 0.3) is 81.5 Å². The largest absolute Gasteiger partial charge is 0.228 e. The van der Waals surface area contributed by atoms with Gasteiger partial charge < -0.3 is 0 Å². The van der Waals surface area contributed by atoms with Crippen molar-refractivity contribution in [2.75, 3.05) is 0 Å². The number of hydrogen-bond donors (Lipinski definition) is 0. The average molecular weight is 709 g/mol. The van der Waals surface area contributed by atoms with Crippen molar-refractivity contribution in [2.45, 2.75) is 19.3 Å². The average Bonchev–Trinajstić information content (AvgIpc) is 3.73. The van der Waals surface area contributed by atoms with Gasteiger partial charge in [0.05, 0.1) is 11.4 Å². The first-order chi connectivity index (χ1) is 26.5. The normalized spacial score (nSPS) is 18.0. The Morgan fingerprint density at radius 1 is 0.556 bits per heavy atom. The van der Waals surface area contributed by atoms with Crippen LogP contribution in [-0.4, -0.2) is 9.97 Å². The first-order valence-corrected chi connectivity index (χ1v) is 19.7. The van der Waals surface area contributed by atoms with E-state index in [9.17, 15) is 0 Å². The number of rotatable bonds is 4. The summed E-state index contributed by atoms with van der Waals surface area (Å²) in [6, 6.07) is 48.3. The number of hydrogen-bond acceptors (Lipinski definition) is 3. The Morgan fingerprint density at radius 2 is 1.22 bits per heavy atom. The predicted octanol–water partition coefficient (Wildman–Crippen LogP) is 13.6. The highest BCUT2D eigenvalue weighted by Gasteiger charge is 2.43. The molecule has 2 heterocycles. The molecule has 2 unspecified atom stereocenters. The van der Waals surface area contributed by atoms with Crippen molar-refractivity contribution in [3.8, 4) is 45.0 Å². The van der Waals surface area contributed by atoms with Crippen LogP contribution < -0.4 is 0 Å². The Balaban J connectivity index is 1.13. The molecule has 0 aliphatic heterocycles. The minimum absolute atomic E-state index is 0.0747. The highest BCUT2D eigenvalue weighted by atomic mass is 32.1. The zero-order chi connectivity index (χ0) is 36.0. The molecule has 0 fully saturated rings. The molecule has 0 saturated heterocycles. The lowest BCUT2D eigenvalue weighted by atomic mass is 9.73. The zero-order valence-electron chi connectivity index (χ0n) is 30.1. The third kappa shape index (κ3) is 4.65. The van der Waals surface area contributed by atoms with Crippen molar-refractivity contribution in [1.82, 2.24) is 9.97 Å². The maximum atomic E-state index is 5.32. The molecule has 0 saturated carbocycles. The fourth-order valence-corrected chi connectivity index (χ4v) is 10.5. The monoisotopic (exact) mass is 708 g/mol. The lowest BCUT2D eigenvalue weighted by Crippen LogP contribution is -2.20. The first-order valence-electron chi connectivity index (χ1n) is 18.8. The second-order valence-corrected chi connectivity index (χ2v) is 16.3. The summed E-state index contributed by atoms with van der Waals surface area (Å²) in [6.45, 7) is 4.78. The van der Waals surface area contributed by atoms with Gasteiger partial charge in [-0.1, -0.05) is 166 Å². The van der Waals surface area contributed by atoms with Gasteiger partial charge in [-0.15, -0.1) is 11.3 Å².